The molecular weight excluding hydrogens is 652 g/mol. The van der Waals surface area contributed by atoms with Gasteiger partial charge in [0.25, 0.3) is 11.8 Å². The van der Waals surface area contributed by atoms with Crippen LogP contribution in [0.5, 0.6) is 0 Å². The predicted octanol–water partition coefficient (Wildman–Crippen LogP) is 7.66. The molecule has 47 heavy (non-hydrogen) atoms. The van der Waals surface area contributed by atoms with Gasteiger partial charge in [0.05, 0.1) is 23.2 Å². The van der Waals surface area contributed by atoms with Crippen molar-refractivity contribution in [2.45, 2.75) is 36.0 Å². The Morgan fingerprint density at radius 3 is 2.45 bits per heavy atom. The molecule has 0 bridgehead atoms. The van der Waals surface area contributed by atoms with Crippen molar-refractivity contribution in [2.24, 2.45) is 0 Å². The molecule has 1 atom stereocenters. The van der Waals surface area contributed by atoms with Gasteiger partial charge in [-0.25, -0.2) is 0 Å². The number of nitrogens with zero attached hydrogens (tertiary/aromatic N) is 4. The molecule has 0 saturated heterocycles. The summed E-state index contributed by atoms with van der Waals surface area (Å²) in [6, 6.07) is 28.0. The maximum absolute atomic E-state index is 15.1. The molecule has 1 spiro atoms. The van der Waals surface area contributed by atoms with E-state index < -0.39 is 22.8 Å². The Morgan fingerprint density at radius 1 is 0.894 bits per heavy atom. The third-order valence-corrected chi connectivity index (χ3v) is 11.1. The van der Waals surface area contributed by atoms with E-state index >= 15 is 4.79 Å². The van der Waals surface area contributed by atoms with Gasteiger partial charge in [0, 0.05) is 16.3 Å². The quantitative estimate of drug-likeness (QED) is 0.132. The van der Waals surface area contributed by atoms with Gasteiger partial charge in [0.2, 0.25) is 10.9 Å². The molecule has 0 radical (unpaired) electrons. The highest BCUT2D eigenvalue weighted by Crippen LogP contribution is 2.55. The summed E-state index contributed by atoms with van der Waals surface area (Å²) in [5, 5.41) is 9.94. The van der Waals surface area contributed by atoms with Gasteiger partial charge >= 0.3 is 0 Å². The summed E-state index contributed by atoms with van der Waals surface area (Å²) in [4.78, 5) is 47.2. The minimum absolute atomic E-state index is 0.00933. The normalized spacial score (nSPS) is 16.8. The van der Waals surface area contributed by atoms with Crippen molar-refractivity contribution in [3.63, 3.8) is 0 Å². The van der Waals surface area contributed by atoms with Crippen molar-refractivity contribution in [2.75, 3.05) is 9.80 Å². The topological polar surface area (TPSA) is 96.6 Å². The summed E-state index contributed by atoms with van der Waals surface area (Å²) in [7, 11) is 0. The smallest absolute Gasteiger partial charge is 0.297 e. The second-order valence-electron chi connectivity index (χ2n) is 11.6. The number of carbonyl (C=O) groups excluding carboxylic acids is 2. The number of amides is 2. The highest BCUT2D eigenvalue weighted by molar-refractivity contribution is 8.00. The standard InChI is InChI=1S/C36H25ClN4O4S2/c1-20-11-14-22(15-12-20)18-40-27-10-6-4-8-25(27)36(33(40)44)29-30(42)24-17-21(2)13-16-28(24)45-31(29)32(43)41(36)34-38-39-35(47-34)46-19-23-7-3-5-9-26(23)37/h3-17H,18-19H2,1-2H3. The number of hydrogen-bond acceptors (Lipinski definition) is 8. The Balaban J connectivity index is 1.32. The molecule has 0 N–H and O–H groups in total. The van der Waals surface area contributed by atoms with Gasteiger partial charge in [-0.15, -0.1) is 10.2 Å². The Hall–Kier alpha value is -4.77. The Morgan fingerprint density at radius 2 is 1.64 bits per heavy atom. The molecule has 0 aliphatic carbocycles. The Labute approximate surface area is 282 Å². The van der Waals surface area contributed by atoms with Crippen LogP contribution >= 0.6 is 34.7 Å². The molecular formula is C36H25ClN4O4S2. The number of halogens is 1. The minimum Gasteiger partial charge on any atom is -0.450 e. The molecule has 4 heterocycles. The fourth-order valence-electron chi connectivity index (χ4n) is 6.42. The molecule has 8 nitrogen and oxygen atoms in total. The van der Waals surface area contributed by atoms with Crippen LogP contribution in [-0.4, -0.2) is 22.0 Å². The van der Waals surface area contributed by atoms with E-state index in [-0.39, 0.29) is 28.6 Å². The third-order valence-electron chi connectivity index (χ3n) is 8.64. The van der Waals surface area contributed by atoms with Crippen LogP contribution in [-0.2, 0) is 22.6 Å². The summed E-state index contributed by atoms with van der Waals surface area (Å²) >= 11 is 8.98. The van der Waals surface area contributed by atoms with E-state index in [1.807, 2.05) is 86.6 Å². The largest absolute Gasteiger partial charge is 0.450 e. The summed E-state index contributed by atoms with van der Waals surface area (Å²) in [5.74, 6) is -0.707. The van der Waals surface area contributed by atoms with Crippen LogP contribution in [0.25, 0.3) is 11.0 Å². The molecule has 11 heteroatoms. The SMILES string of the molecule is Cc1ccc(CN2C(=O)C3(c4ccccc42)c2c(oc4ccc(C)cc4c2=O)C(=O)N3c2nnc(SCc3ccccc3Cl)s2)cc1. The molecule has 4 aromatic carbocycles. The first-order chi connectivity index (χ1) is 22.8. The first-order valence-corrected chi connectivity index (χ1v) is 17.0. The van der Waals surface area contributed by atoms with Crippen LogP contribution in [0.15, 0.2) is 105 Å². The molecule has 2 aromatic heterocycles. The zero-order chi connectivity index (χ0) is 32.4. The number of carbonyl (C=O) groups is 2. The maximum Gasteiger partial charge on any atom is 0.297 e. The minimum atomic E-state index is -1.85. The van der Waals surface area contributed by atoms with Gasteiger partial charge in [0.1, 0.15) is 5.58 Å². The van der Waals surface area contributed by atoms with Crippen LogP contribution in [0, 0.1) is 13.8 Å². The lowest BCUT2D eigenvalue weighted by Crippen LogP contribution is -2.53. The second kappa shape index (κ2) is 11.2. The van der Waals surface area contributed by atoms with E-state index in [1.165, 1.54) is 28.0 Å². The van der Waals surface area contributed by atoms with Crippen LogP contribution < -0.4 is 15.2 Å². The molecule has 2 aliphatic rings. The van der Waals surface area contributed by atoms with Gasteiger partial charge in [0.15, 0.2) is 15.3 Å². The summed E-state index contributed by atoms with van der Waals surface area (Å²) < 4.78 is 6.80. The number of rotatable bonds is 6. The second-order valence-corrected chi connectivity index (χ2v) is 14.2. The summed E-state index contributed by atoms with van der Waals surface area (Å²) in [6.07, 6.45) is 0. The first kappa shape index (κ1) is 29.6. The van der Waals surface area contributed by atoms with Crippen molar-refractivity contribution in [3.8, 4) is 0 Å². The molecule has 0 saturated carbocycles. The Kier molecular flexibility index (Phi) is 7.05. The fraction of sp³-hybridized carbons (Fsp3) is 0.139. The molecule has 0 fully saturated rings. The highest BCUT2D eigenvalue weighted by Gasteiger charge is 2.66. The van der Waals surface area contributed by atoms with Crippen molar-refractivity contribution in [3.05, 3.63) is 145 Å². The van der Waals surface area contributed by atoms with E-state index in [0.717, 1.165) is 22.3 Å². The van der Waals surface area contributed by atoms with E-state index in [4.69, 9.17) is 16.0 Å². The predicted molar refractivity (Wildman–Crippen MR) is 185 cm³/mol. The van der Waals surface area contributed by atoms with Crippen LogP contribution in [0.4, 0.5) is 10.8 Å². The zero-order valence-corrected chi connectivity index (χ0v) is 27.6. The van der Waals surface area contributed by atoms with E-state index in [9.17, 15) is 9.59 Å². The van der Waals surface area contributed by atoms with Gasteiger partial charge in [-0.1, -0.05) is 113 Å². The molecule has 2 amide bonds. The average molecular weight is 677 g/mol. The fourth-order valence-corrected chi connectivity index (χ4v) is 8.59. The number of aromatic nitrogens is 2. The van der Waals surface area contributed by atoms with Gasteiger partial charge in [-0.3, -0.25) is 19.3 Å². The van der Waals surface area contributed by atoms with Gasteiger partial charge < -0.3 is 9.32 Å². The average Bonchev–Trinajstić information content (AvgIpc) is 3.71. The number of benzene rings is 4. The summed E-state index contributed by atoms with van der Waals surface area (Å²) in [5.41, 5.74) is 2.87. The number of thioether (sulfide) groups is 1. The Bertz CT molecular complexity index is 2320. The number of hydrogen-bond donors (Lipinski definition) is 0. The van der Waals surface area contributed by atoms with Crippen LogP contribution in [0.2, 0.25) is 5.02 Å². The zero-order valence-electron chi connectivity index (χ0n) is 25.2. The molecule has 232 valence electrons. The number of fused-ring (bicyclic) bond motifs is 5. The highest BCUT2D eigenvalue weighted by atomic mass is 35.5. The maximum atomic E-state index is 15.1. The van der Waals surface area contributed by atoms with Crippen molar-refractivity contribution in [1.29, 1.82) is 0 Å². The van der Waals surface area contributed by atoms with E-state index in [2.05, 4.69) is 10.2 Å². The molecule has 2 aliphatic heterocycles. The number of anilines is 2. The number of para-hydroxylation sites is 1. The lowest BCUT2D eigenvalue weighted by Gasteiger charge is -2.32. The first-order valence-electron chi connectivity index (χ1n) is 14.9. The van der Waals surface area contributed by atoms with Crippen LogP contribution in [0.3, 0.4) is 0 Å². The molecule has 8 rings (SSSR count). The number of aryl methyl sites for hydroxylation is 2. The summed E-state index contributed by atoms with van der Waals surface area (Å²) in [6.45, 7) is 4.12. The molecule has 1 unspecified atom stereocenters. The van der Waals surface area contributed by atoms with Gasteiger partial charge in [-0.2, -0.15) is 0 Å². The lowest BCUT2D eigenvalue weighted by atomic mass is 9.84. The molecule has 6 aromatic rings. The van der Waals surface area contributed by atoms with Crippen molar-refractivity contribution in [1.82, 2.24) is 10.2 Å². The third kappa shape index (κ3) is 4.54. The van der Waals surface area contributed by atoms with E-state index in [1.54, 1.807) is 23.1 Å². The van der Waals surface area contributed by atoms with Crippen LogP contribution in [0.1, 0.15) is 43.9 Å². The lowest BCUT2D eigenvalue weighted by molar-refractivity contribution is -0.121. The van der Waals surface area contributed by atoms with Crippen molar-refractivity contribution < 1.29 is 14.0 Å². The monoisotopic (exact) mass is 676 g/mol. The van der Waals surface area contributed by atoms with E-state index in [0.29, 0.717) is 31.8 Å². The van der Waals surface area contributed by atoms with Crippen molar-refractivity contribution >= 4 is 68.3 Å². The van der Waals surface area contributed by atoms with Gasteiger partial charge in [-0.05, 0) is 49.2 Å².